The van der Waals surface area contributed by atoms with Crippen molar-refractivity contribution < 1.29 is 4.74 Å². The van der Waals surface area contributed by atoms with E-state index in [0.717, 1.165) is 29.8 Å². The minimum Gasteiger partial charge on any atom is -0.476 e. The summed E-state index contributed by atoms with van der Waals surface area (Å²) in [5.74, 6) is 0.710. The molecule has 0 unspecified atom stereocenters. The molecule has 0 atom stereocenters. The van der Waals surface area contributed by atoms with Crippen LogP contribution in [0.4, 0.5) is 0 Å². The average Bonchev–Trinajstić information content (AvgIpc) is 3.37. The Hall–Kier alpha value is -2.59. The van der Waals surface area contributed by atoms with Crippen molar-refractivity contribution in [2.24, 2.45) is 0 Å². The first kappa shape index (κ1) is 16.9. The topological polar surface area (TPSA) is 30.3 Å². The van der Waals surface area contributed by atoms with Crippen molar-refractivity contribution in [1.29, 1.82) is 0 Å². The van der Waals surface area contributed by atoms with E-state index in [-0.39, 0.29) is 0 Å². The molecule has 0 radical (unpaired) electrons. The molecule has 2 heterocycles. The molecule has 4 heteroatoms. The molecular formula is C22H25N3O. The molecule has 0 amide bonds. The zero-order valence-corrected chi connectivity index (χ0v) is 15.1. The highest BCUT2D eigenvalue weighted by Gasteiger charge is 2.14. The Balaban J connectivity index is 1.50. The van der Waals surface area contributed by atoms with Crippen molar-refractivity contribution >= 4 is 0 Å². The smallest absolute Gasteiger partial charge is 0.241 e. The molecule has 0 aliphatic carbocycles. The number of hydrogen-bond acceptors (Lipinski definition) is 3. The lowest BCUT2D eigenvalue weighted by Gasteiger charge is -2.14. The van der Waals surface area contributed by atoms with Crippen molar-refractivity contribution in [3.05, 3.63) is 66.9 Å². The summed E-state index contributed by atoms with van der Waals surface area (Å²) < 4.78 is 8.00. The summed E-state index contributed by atoms with van der Waals surface area (Å²) in [5.41, 5.74) is 3.21. The van der Waals surface area contributed by atoms with Gasteiger partial charge in [-0.05, 0) is 50.0 Å². The summed E-state index contributed by atoms with van der Waals surface area (Å²) in [5, 5.41) is 4.71. The Morgan fingerprint density at radius 1 is 0.885 bits per heavy atom. The molecule has 2 aromatic carbocycles. The maximum Gasteiger partial charge on any atom is 0.241 e. The SMILES string of the molecule is c1ccc(-c2cn(-c3ccccc3)nc2OCCCN2CCCC2)cc1. The standard InChI is InChI=1S/C22H25N3O/c1-3-10-19(11-4-1)21-18-25(20-12-5-2-6-13-20)23-22(21)26-17-9-16-24-14-7-8-15-24/h1-6,10-13,18H,7-9,14-17H2. The molecule has 1 aromatic heterocycles. The Morgan fingerprint density at radius 3 is 2.31 bits per heavy atom. The second kappa shape index (κ2) is 8.19. The molecule has 0 spiro atoms. The first-order valence-electron chi connectivity index (χ1n) is 9.46. The fraction of sp³-hybridized carbons (Fsp3) is 0.318. The Bertz CT molecular complexity index is 808. The molecule has 26 heavy (non-hydrogen) atoms. The van der Waals surface area contributed by atoms with Crippen LogP contribution >= 0.6 is 0 Å². The summed E-state index contributed by atoms with van der Waals surface area (Å²) >= 11 is 0. The summed E-state index contributed by atoms with van der Waals surface area (Å²) in [6.45, 7) is 4.28. The molecule has 134 valence electrons. The maximum absolute atomic E-state index is 6.09. The third kappa shape index (κ3) is 3.97. The van der Waals surface area contributed by atoms with E-state index in [4.69, 9.17) is 9.84 Å². The predicted molar refractivity (Wildman–Crippen MR) is 105 cm³/mol. The lowest BCUT2D eigenvalue weighted by molar-refractivity contribution is 0.257. The number of rotatable bonds is 7. The van der Waals surface area contributed by atoms with Crippen LogP contribution in [0, 0.1) is 0 Å². The lowest BCUT2D eigenvalue weighted by Crippen LogP contribution is -2.22. The summed E-state index contributed by atoms with van der Waals surface area (Å²) in [7, 11) is 0. The van der Waals surface area contributed by atoms with Gasteiger partial charge in [0.1, 0.15) is 0 Å². The molecule has 1 saturated heterocycles. The van der Waals surface area contributed by atoms with Gasteiger partial charge in [0, 0.05) is 12.7 Å². The Labute approximate surface area is 155 Å². The number of ether oxygens (including phenoxy) is 1. The van der Waals surface area contributed by atoms with Crippen LogP contribution in [0.15, 0.2) is 66.9 Å². The zero-order chi connectivity index (χ0) is 17.6. The number of hydrogen-bond donors (Lipinski definition) is 0. The fourth-order valence-electron chi connectivity index (χ4n) is 3.46. The van der Waals surface area contributed by atoms with Crippen LogP contribution < -0.4 is 4.74 Å². The molecule has 1 aliphatic heterocycles. The molecule has 0 bridgehead atoms. The number of para-hydroxylation sites is 1. The van der Waals surface area contributed by atoms with E-state index in [2.05, 4.69) is 35.4 Å². The number of aromatic nitrogens is 2. The quantitative estimate of drug-likeness (QED) is 0.593. The largest absolute Gasteiger partial charge is 0.476 e. The highest BCUT2D eigenvalue weighted by atomic mass is 16.5. The van der Waals surface area contributed by atoms with Gasteiger partial charge >= 0.3 is 0 Å². The van der Waals surface area contributed by atoms with Crippen molar-refractivity contribution in [2.45, 2.75) is 19.3 Å². The highest BCUT2D eigenvalue weighted by Crippen LogP contribution is 2.30. The van der Waals surface area contributed by atoms with E-state index >= 15 is 0 Å². The van der Waals surface area contributed by atoms with Gasteiger partial charge in [0.05, 0.1) is 17.9 Å². The van der Waals surface area contributed by atoms with Crippen LogP contribution in [0.5, 0.6) is 5.88 Å². The summed E-state index contributed by atoms with van der Waals surface area (Å²) in [6, 6.07) is 20.5. The third-order valence-corrected chi connectivity index (χ3v) is 4.84. The molecule has 0 N–H and O–H groups in total. The van der Waals surface area contributed by atoms with Crippen LogP contribution in [0.25, 0.3) is 16.8 Å². The van der Waals surface area contributed by atoms with E-state index in [1.807, 2.05) is 41.1 Å². The van der Waals surface area contributed by atoms with E-state index in [1.54, 1.807) is 0 Å². The van der Waals surface area contributed by atoms with Gasteiger partial charge < -0.3 is 9.64 Å². The van der Waals surface area contributed by atoms with Gasteiger partial charge in [0.15, 0.2) is 0 Å². The van der Waals surface area contributed by atoms with Gasteiger partial charge in [-0.2, -0.15) is 0 Å². The second-order valence-corrected chi connectivity index (χ2v) is 6.74. The predicted octanol–water partition coefficient (Wildman–Crippen LogP) is 4.40. The van der Waals surface area contributed by atoms with Crippen LogP contribution in [-0.4, -0.2) is 40.9 Å². The van der Waals surface area contributed by atoms with Crippen LogP contribution in [0.1, 0.15) is 19.3 Å². The van der Waals surface area contributed by atoms with Crippen molar-refractivity contribution in [3.8, 4) is 22.7 Å². The van der Waals surface area contributed by atoms with E-state index in [1.165, 1.54) is 25.9 Å². The normalized spacial score (nSPS) is 14.6. The van der Waals surface area contributed by atoms with E-state index in [0.29, 0.717) is 12.5 Å². The van der Waals surface area contributed by atoms with Crippen molar-refractivity contribution in [3.63, 3.8) is 0 Å². The fourth-order valence-corrected chi connectivity index (χ4v) is 3.46. The molecule has 0 saturated carbocycles. The number of likely N-dealkylation sites (tertiary alicyclic amines) is 1. The molecule has 1 fully saturated rings. The molecule has 1 aliphatic rings. The molecule has 4 nitrogen and oxygen atoms in total. The van der Waals surface area contributed by atoms with Crippen LogP contribution in [0.3, 0.4) is 0 Å². The minimum atomic E-state index is 0.697. The van der Waals surface area contributed by atoms with Crippen molar-refractivity contribution in [1.82, 2.24) is 14.7 Å². The van der Waals surface area contributed by atoms with Gasteiger partial charge in [-0.25, -0.2) is 4.68 Å². The van der Waals surface area contributed by atoms with E-state index < -0.39 is 0 Å². The van der Waals surface area contributed by atoms with Gasteiger partial charge in [-0.3, -0.25) is 0 Å². The van der Waals surface area contributed by atoms with E-state index in [9.17, 15) is 0 Å². The van der Waals surface area contributed by atoms with Crippen molar-refractivity contribution in [2.75, 3.05) is 26.2 Å². The molecule has 4 rings (SSSR count). The molecule has 3 aromatic rings. The number of nitrogens with zero attached hydrogens (tertiary/aromatic N) is 3. The van der Waals surface area contributed by atoms with Gasteiger partial charge in [0.25, 0.3) is 0 Å². The van der Waals surface area contributed by atoms with Crippen LogP contribution in [0.2, 0.25) is 0 Å². The first-order chi connectivity index (χ1) is 12.9. The Kier molecular flexibility index (Phi) is 5.31. The van der Waals surface area contributed by atoms with Gasteiger partial charge in [0.2, 0.25) is 5.88 Å². The zero-order valence-electron chi connectivity index (χ0n) is 15.1. The third-order valence-electron chi connectivity index (χ3n) is 4.84. The maximum atomic E-state index is 6.09. The Morgan fingerprint density at radius 2 is 1.58 bits per heavy atom. The summed E-state index contributed by atoms with van der Waals surface area (Å²) in [6.07, 6.45) is 5.76. The van der Waals surface area contributed by atoms with Crippen LogP contribution in [-0.2, 0) is 0 Å². The monoisotopic (exact) mass is 347 g/mol. The lowest BCUT2D eigenvalue weighted by atomic mass is 10.1. The second-order valence-electron chi connectivity index (χ2n) is 6.74. The first-order valence-corrected chi connectivity index (χ1v) is 9.46. The highest BCUT2D eigenvalue weighted by molar-refractivity contribution is 5.68. The average molecular weight is 347 g/mol. The minimum absolute atomic E-state index is 0.697. The number of benzene rings is 2. The van der Waals surface area contributed by atoms with Gasteiger partial charge in [-0.15, -0.1) is 5.10 Å². The van der Waals surface area contributed by atoms with Gasteiger partial charge in [-0.1, -0.05) is 48.5 Å². The molecular weight excluding hydrogens is 322 g/mol. The summed E-state index contributed by atoms with van der Waals surface area (Å²) in [4.78, 5) is 2.52.